The maximum Gasteiger partial charge on any atom is 0.229 e. The molecule has 1 fully saturated rings. The van der Waals surface area contributed by atoms with Gasteiger partial charge in [0.05, 0.1) is 17.0 Å². The highest BCUT2D eigenvalue weighted by atomic mass is 16.2. The van der Waals surface area contributed by atoms with Crippen molar-refractivity contribution >= 4 is 28.5 Å². The summed E-state index contributed by atoms with van der Waals surface area (Å²) in [6.07, 6.45) is 2.63. The molecule has 144 valence electrons. The zero-order valence-corrected chi connectivity index (χ0v) is 15.7. The van der Waals surface area contributed by atoms with Crippen molar-refractivity contribution in [1.29, 1.82) is 0 Å². The van der Waals surface area contributed by atoms with E-state index in [9.17, 15) is 9.59 Å². The van der Waals surface area contributed by atoms with Gasteiger partial charge in [-0.15, -0.1) is 0 Å². The molecule has 2 heterocycles. The van der Waals surface area contributed by atoms with Crippen molar-refractivity contribution in [3.63, 3.8) is 0 Å². The Morgan fingerprint density at radius 1 is 1.11 bits per heavy atom. The molecule has 2 N–H and O–H groups in total. The van der Waals surface area contributed by atoms with Gasteiger partial charge in [0.2, 0.25) is 11.8 Å². The van der Waals surface area contributed by atoms with Crippen LogP contribution in [0.3, 0.4) is 0 Å². The minimum atomic E-state index is -0.163. The maximum absolute atomic E-state index is 12.7. The van der Waals surface area contributed by atoms with E-state index in [1.54, 1.807) is 0 Å². The number of aromatic nitrogens is 2. The van der Waals surface area contributed by atoms with Gasteiger partial charge in [0.15, 0.2) is 0 Å². The average Bonchev–Trinajstić information content (AvgIpc) is 3.16. The fourth-order valence-electron chi connectivity index (χ4n) is 3.69. The number of carbonyl (C=O) groups is 2. The number of hydrogen-bond acceptors (Lipinski definition) is 3. The number of likely N-dealkylation sites (tertiary alicyclic amines) is 1. The third kappa shape index (κ3) is 4.22. The van der Waals surface area contributed by atoms with Gasteiger partial charge in [-0.1, -0.05) is 30.3 Å². The molecule has 6 heteroatoms. The van der Waals surface area contributed by atoms with Crippen LogP contribution in [-0.2, 0) is 16.0 Å². The number of carbonyl (C=O) groups excluding carboxylic acids is 2. The monoisotopic (exact) mass is 376 g/mol. The van der Waals surface area contributed by atoms with E-state index in [0.717, 1.165) is 35.4 Å². The SMILES string of the molecule is O=C(Nc1ccccc1)C1CCCN(C(=O)CCc2nc3ccccc3[nH]2)C1. The normalized spacial score (nSPS) is 16.9. The van der Waals surface area contributed by atoms with E-state index in [1.165, 1.54) is 0 Å². The number of para-hydroxylation sites is 3. The molecule has 3 aromatic rings. The first-order valence-electron chi connectivity index (χ1n) is 9.76. The first-order valence-corrected chi connectivity index (χ1v) is 9.76. The molecule has 0 aliphatic carbocycles. The summed E-state index contributed by atoms with van der Waals surface area (Å²) in [5.41, 5.74) is 2.70. The summed E-state index contributed by atoms with van der Waals surface area (Å²) < 4.78 is 0. The van der Waals surface area contributed by atoms with Gasteiger partial charge in [-0.05, 0) is 37.1 Å². The summed E-state index contributed by atoms with van der Waals surface area (Å²) in [4.78, 5) is 34.8. The summed E-state index contributed by atoms with van der Waals surface area (Å²) in [5, 5.41) is 2.95. The summed E-state index contributed by atoms with van der Waals surface area (Å²) in [6, 6.07) is 17.3. The first kappa shape index (κ1) is 18.2. The summed E-state index contributed by atoms with van der Waals surface area (Å²) >= 11 is 0. The predicted molar refractivity (Wildman–Crippen MR) is 109 cm³/mol. The van der Waals surface area contributed by atoms with Crippen LogP contribution in [0.2, 0.25) is 0 Å². The van der Waals surface area contributed by atoms with Crippen molar-refractivity contribution in [2.24, 2.45) is 5.92 Å². The van der Waals surface area contributed by atoms with Crippen LogP contribution in [0.25, 0.3) is 11.0 Å². The molecule has 6 nitrogen and oxygen atoms in total. The second-order valence-electron chi connectivity index (χ2n) is 7.23. The molecule has 0 saturated carbocycles. The van der Waals surface area contributed by atoms with E-state index < -0.39 is 0 Å². The molecule has 28 heavy (non-hydrogen) atoms. The zero-order valence-electron chi connectivity index (χ0n) is 15.7. The molecule has 0 bridgehead atoms. The number of nitrogens with one attached hydrogen (secondary N) is 2. The van der Waals surface area contributed by atoms with E-state index in [0.29, 0.717) is 25.9 Å². The lowest BCUT2D eigenvalue weighted by Gasteiger charge is -2.32. The van der Waals surface area contributed by atoms with Crippen LogP contribution < -0.4 is 5.32 Å². The van der Waals surface area contributed by atoms with Crippen LogP contribution in [0.15, 0.2) is 54.6 Å². The summed E-state index contributed by atoms with van der Waals surface area (Å²) in [5.74, 6) is 0.729. The minimum absolute atomic E-state index is 0.0130. The fourth-order valence-corrected chi connectivity index (χ4v) is 3.69. The third-order valence-corrected chi connectivity index (χ3v) is 5.20. The first-order chi connectivity index (χ1) is 13.7. The number of imidazole rings is 1. The molecular formula is C22H24N4O2. The molecule has 2 aromatic carbocycles. The molecule has 2 amide bonds. The Labute approximate surface area is 164 Å². The Balaban J connectivity index is 1.32. The average molecular weight is 376 g/mol. The van der Waals surface area contributed by atoms with Gasteiger partial charge in [-0.25, -0.2) is 4.98 Å². The number of piperidine rings is 1. The smallest absolute Gasteiger partial charge is 0.229 e. The molecule has 1 unspecified atom stereocenters. The molecule has 0 radical (unpaired) electrons. The van der Waals surface area contributed by atoms with Crippen molar-refractivity contribution < 1.29 is 9.59 Å². The van der Waals surface area contributed by atoms with Crippen LogP contribution in [0, 0.1) is 5.92 Å². The van der Waals surface area contributed by atoms with Crippen LogP contribution in [0.4, 0.5) is 5.69 Å². The number of rotatable bonds is 5. The van der Waals surface area contributed by atoms with Gasteiger partial charge in [0, 0.05) is 31.6 Å². The van der Waals surface area contributed by atoms with Crippen molar-refractivity contribution in [2.45, 2.75) is 25.7 Å². The molecule has 1 aromatic heterocycles. The quantitative estimate of drug-likeness (QED) is 0.717. The summed E-state index contributed by atoms with van der Waals surface area (Å²) in [6.45, 7) is 1.20. The van der Waals surface area contributed by atoms with E-state index in [-0.39, 0.29) is 17.7 Å². The number of anilines is 1. The second kappa shape index (κ2) is 8.25. The number of nitrogens with zero attached hydrogens (tertiary/aromatic N) is 2. The molecule has 1 aliphatic heterocycles. The van der Waals surface area contributed by atoms with Gasteiger partial charge >= 0.3 is 0 Å². The molecule has 0 spiro atoms. The van der Waals surface area contributed by atoms with E-state index in [4.69, 9.17) is 0 Å². The Bertz CT molecular complexity index is 934. The van der Waals surface area contributed by atoms with Crippen molar-refractivity contribution in [2.75, 3.05) is 18.4 Å². The van der Waals surface area contributed by atoms with Crippen molar-refractivity contribution in [3.8, 4) is 0 Å². The van der Waals surface area contributed by atoms with Gasteiger partial charge < -0.3 is 15.2 Å². The highest BCUT2D eigenvalue weighted by molar-refractivity contribution is 5.93. The zero-order chi connectivity index (χ0) is 19.3. The van der Waals surface area contributed by atoms with Gasteiger partial charge in [-0.3, -0.25) is 9.59 Å². The Morgan fingerprint density at radius 2 is 1.89 bits per heavy atom. The molecule has 1 aliphatic rings. The van der Waals surface area contributed by atoms with E-state index >= 15 is 0 Å². The fraction of sp³-hybridized carbons (Fsp3) is 0.318. The van der Waals surface area contributed by atoms with Gasteiger partial charge in [-0.2, -0.15) is 0 Å². The number of H-pyrrole nitrogens is 1. The van der Waals surface area contributed by atoms with Gasteiger partial charge in [0.25, 0.3) is 0 Å². The summed E-state index contributed by atoms with van der Waals surface area (Å²) in [7, 11) is 0. The van der Waals surface area contributed by atoms with Crippen LogP contribution in [-0.4, -0.2) is 39.8 Å². The number of amides is 2. The van der Waals surface area contributed by atoms with Crippen LogP contribution in [0.1, 0.15) is 25.1 Å². The maximum atomic E-state index is 12.7. The Morgan fingerprint density at radius 3 is 2.71 bits per heavy atom. The third-order valence-electron chi connectivity index (χ3n) is 5.20. The number of aryl methyl sites for hydroxylation is 1. The second-order valence-corrected chi connectivity index (χ2v) is 7.23. The van der Waals surface area contributed by atoms with Crippen LogP contribution in [0.5, 0.6) is 0 Å². The largest absolute Gasteiger partial charge is 0.342 e. The lowest BCUT2D eigenvalue weighted by atomic mass is 9.96. The number of fused-ring (bicyclic) bond motifs is 1. The lowest BCUT2D eigenvalue weighted by Crippen LogP contribution is -2.43. The molecular weight excluding hydrogens is 352 g/mol. The van der Waals surface area contributed by atoms with E-state index in [2.05, 4.69) is 15.3 Å². The van der Waals surface area contributed by atoms with Crippen molar-refractivity contribution in [1.82, 2.24) is 14.9 Å². The Kier molecular flexibility index (Phi) is 5.37. The van der Waals surface area contributed by atoms with Crippen LogP contribution >= 0.6 is 0 Å². The number of benzene rings is 2. The number of aromatic amines is 1. The number of hydrogen-bond donors (Lipinski definition) is 2. The highest BCUT2D eigenvalue weighted by Crippen LogP contribution is 2.20. The van der Waals surface area contributed by atoms with Crippen molar-refractivity contribution in [3.05, 3.63) is 60.4 Å². The molecule has 1 saturated heterocycles. The molecule has 1 atom stereocenters. The van der Waals surface area contributed by atoms with Gasteiger partial charge in [0.1, 0.15) is 5.82 Å². The minimum Gasteiger partial charge on any atom is -0.342 e. The predicted octanol–water partition coefficient (Wildman–Crippen LogP) is 3.37. The highest BCUT2D eigenvalue weighted by Gasteiger charge is 2.28. The Hall–Kier alpha value is -3.15. The van der Waals surface area contributed by atoms with E-state index in [1.807, 2.05) is 59.5 Å². The topological polar surface area (TPSA) is 78.1 Å². The molecule has 4 rings (SSSR count). The lowest BCUT2D eigenvalue weighted by molar-refractivity contribution is -0.134. The standard InChI is InChI=1S/C22H24N4O2/c27-21(13-12-20-24-18-10-4-5-11-19(18)25-20)26-14-6-7-16(15-26)22(28)23-17-8-2-1-3-9-17/h1-5,8-11,16H,6-7,12-15H2,(H,23,28)(H,24,25).